The molecule has 0 fully saturated rings. The molecule has 0 unspecified atom stereocenters. The van der Waals surface area contributed by atoms with E-state index >= 15 is 0 Å². The molecule has 1 heterocycles. The van der Waals surface area contributed by atoms with Gasteiger partial charge in [0.2, 0.25) is 0 Å². The van der Waals surface area contributed by atoms with Gasteiger partial charge in [0.25, 0.3) is 5.91 Å². The van der Waals surface area contributed by atoms with Crippen LogP contribution in [-0.4, -0.2) is 15.5 Å². The molecule has 4 heteroatoms. The zero-order valence-corrected chi connectivity index (χ0v) is 12.4. The van der Waals surface area contributed by atoms with Crippen molar-refractivity contribution in [3.63, 3.8) is 0 Å². The van der Waals surface area contributed by atoms with Gasteiger partial charge in [0.05, 0.1) is 6.67 Å². The summed E-state index contributed by atoms with van der Waals surface area (Å²) in [5, 5.41) is 2.94. The van der Waals surface area contributed by atoms with Crippen LogP contribution in [0.5, 0.6) is 0 Å². The Kier molecular flexibility index (Phi) is 4.01. The van der Waals surface area contributed by atoms with E-state index in [0.29, 0.717) is 12.2 Å². The lowest BCUT2D eigenvalue weighted by molar-refractivity contribution is 0.0942. The number of aryl methyl sites for hydroxylation is 1. The fraction of sp³-hybridized carbons (Fsp3) is 0.111. The predicted octanol–water partition coefficient (Wildman–Crippen LogP) is 3.25. The van der Waals surface area contributed by atoms with Crippen LogP contribution in [0.1, 0.15) is 16.2 Å². The van der Waals surface area contributed by atoms with Crippen LogP contribution >= 0.6 is 0 Å². The molecule has 1 aromatic heterocycles. The third-order valence-corrected chi connectivity index (χ3v) is 3.59. The first-order valence-corrected chi connectivity index (χ1v) is 7.16. The van der Waals surface area contributed by atoms with Gasteiger partial charge in [0.1, 0.15) is 5.82 Å². The smallest absolute Gasteiger partial charge is 0.253 e. The largest absolute Gasteiger partial charge is 0.334 e. The zero-order chi connectivity index (χ0) is 15.4. The maximum atomic E-state index is 12.5. The van der Waals surface area contributed by atoms with Crippen molar-refractivity contribution in [2.24, 2.45) is 0 Å². The van der Waals surface area contributed by atoms with Gasteiger partial charge in [-0.05, 0) is 24.1 Å². The van der Waals surface area contributed by atoms with Crippen molar-refractivity contribution >= 4 is 5.91 Å². The third-order valence-electron chi connectivity index (χ3n) is 3.59. The van der Waals surface area contributed by atoms with E-state index in [1.807, 2.05) is 72.3 Å². The minimum atomic E-state index is -0.0902. The SMILES string of the molecule is Cc1nccn1CNC(=O)c1ccccc1-c1ccccc1. The van der Waals surface area contributed by atoms with E-state index in [0.717, 1.165) is 17.0 Å². The summed E-state index contributed by atoms with van der Waals surface area (Å²) >= 11 is 0. The van der Waals surface area contributed by atoms with Crippen molar-refractivity contribution < 1.29 is 4.79 Å². The third kappa shape index (κ3) is 2.91. The number of carbonyl (C=O) groups excluding carboxylic acids is 1. The summed E-state index contributed by atoms with van der Waals surface area (Å²) in [6.07, 6.45) is 3.57. The summed E-state index contributed by atoms with van der Waals surface area (Å²) < 4.78 is 1.89. The van der Waals surface area contributed by atoms with Crippen molar-refractivity contribution in [3.8, 4) is 11.1 Å². The predicted molar refractivity (Wildman–Crippen MR) is 86.3 cm³/mol. The summed E-state index contributed by atoms with van der Waals surface area (Å²) in [4.78, 5) is 16.6. The molecular weight excluding hydrogens is 274 g/mol. The van der Waals surface area contributed by atoms with Crippen molar-refractivity contribution in [2.45, 2.75) is 13.6 Å². The maximum Gasteiger partial charge on any atom is 0.253 e. The minimum Gasteiger partial charge on any atom is -0.334 e. The maximum absolute atomic E-state index is 12.5. The number of rotatable bonds is 4. The number of hydrogen-bond acceptors (Lipinski definition) is 2. The second-order valence-corrected chi connectivity index (χ2v) is 5.02. The molecule has 0 aliphatic carbocycles. The van der Waals surface area contributed by atoms with Gasteiger partial charge in [-0.1, -0.05) is 48.5 Å². The van der Waals surface area contributed by atoms with Crippen molar-refractivity contribution in [3.05, 3.63) is 78.4 Å². The fourth-order valence-corrected chi connectivity index (χ4v) is 2.37. The molecular formula is C18H17N3O. The van der Waals surface area contributed by atoms with Crippen LogP contribution in [0.3, 0.4) is 0 Å². The van der Waals surface area contributed by atoms with Crippen LogP contribution in [0.2, 0.25) is 0 Å². The molecule has 0 saturated carbocycles. The summed E-state index contributed by atoms with van der Waals surface area (Å²) in [6, 6.07) is 17.6. The molecule has 1 N–H and O–H groups in total. The van der Waals surface area contributed by atoms with E-state index in [-0.39, 0.29) is 5.91 Å². The number of nitrogens with zero attached hydrogens (tertiary/aromatic N) is 2. The van der Waals surface area contributed by atoms with Crippen molar-refractivity contribution in [1.82, 2.24) is 14.9 Å². The Labute approximate surface area is 129 Å². The van der Waals surface area contributed by atoms with E-state index in [4.69, 9.17) is 0 Å². The number of benzene rings is 2. The van der Waals surface area contributed by atoms with Gasteiger partial charge in [-0.15, -0.1) is 0 Å². The molecule has 0 saturated heterocycles. The molecule has 0 aliphatic heterocycles. The van der Waals surface area contributed by atoms with Gasteiger partial charge in [-0.2, -0.15) is 0 Å². The normalized spacial score (nSPS) is 10.4. The first kappa shape index (κ1) is 14.1. The molecule has 1 amide bonds. The number of hydrogen-bond donors (Lipinski definition) is 1. The van der Waals surface area contributed by atoms with Crippen LogP contribution in [0, 0.1) is 6.92 Å². The van der Waals surface area contributed by atoms with Crippen LogP contribution in [-0.2, 0) is 6.67 Å². The van der Waals surface area contributed by atoms with E-state index in [1.54, 1.807) is 6.20 Å². The molecule has 3 aromatic rings. The lowest BCUT2D eigenvalue weighted by atomic mass is 9.99. The minimum absolute atomic E-state index is 0.0902. The van der Waals surface area contributed by atoms with Crippen LogP contribution in [0.25, 0.3) is 11.1 Å². The van der Waals surface area contributed by atoms with E-state index in [2.05, 4.69) is 10.3 Å². The van der Waals surface area contributed by atoms with Crippen LogP contribution < -0.4 is 5.32 Å². The number of imidazole rings is 1. The highest BCUT2D eigenvalue weighted by atomic mass is 16.1. The fourth-order valence-electron chi connectivity index (χ4n) is 2.37. The van der Waals surface area contributed by atoms with Gasteiger partial charge in [-0.3, -0.25) is 4.79 Å². The molecule has 110 valence electrons. The summed E-state index contributed by atoms with van der Waals surface area (Å²) in [5.74, 6) is 0.782. The van der Waals surface area contributed by atoms with Crippen molar-refractivity contribution in [2.75, 3.05) is 0 Å². The Balaban J connectivity index is 1.83. The zero-order valence-electron chi connectivity index (χ0n) is 12.4. The molecule has 0 radical (unpaired) electrons. The topological polar surface area (TPSA) is 46.9 Å². The Morgan fingerprint density at radius 2 is 1.82 bits per heavy atom. The molecule has 0 aliphatic rings. The molecule has 0 atom stereocenters. The second-order valence-electron chi connectivity index (χ2n) is 5.02. The van der Waals surface area contributed by atoms with Crippen LogP contribution in [0.4, 0.5) is 0 Å². The van der Waals surface area contributed by atoms with Gasteiger partial charge >= 0.3 is 0 Å². The quantitative estimate of drug-likeness (QED) is 0.802. The first-order valence-electron chi connectivity index (χ1n) is 7.16. The van der Waals surface area contributed by atoms with Crippen molar-refractivity contribution in [1.29, 1.82) is 0 Å². The number of amides is 1. The average Bonchev–Trinajstić information content (AvgIpc) is 2.98. The highest BCUT2D eigenvalue weighted by Crippen LogP contribution is 2.23. The number of aromatic nitrogens is 2. The van der Waals surface area contributed by atoms with Gasteiger partial charge in [0.15, 0.2) is 0 Å². The molecule has 0 spiro atoms. The summed E-state index contributed by atoms with van der Waals surface area (Å²) in [6.45, 7) is 2.32. The Bertz CT molecular complexity index is 778. The molecule has 4 nitrogen and oxygen atoms in total. The Morgan fingerprint density at radius 1 is 1.09 bits per heavy atom. The monoisotopic (exact) mass is 291 g/mol. The summed E-state index contributed by atoms with van der Waals surface area (Å²) in [5.41, 5.74) is 2.64. The summed E-state index contributed by atoms with van der Waals surface area (Å²) in [7, 11) is 0. The molecule has 3 rings (SSSR count). The lowest BCUT2D eigenvalue weighted by Crippen LogP contribution is -2.26. The molecule has 2 aromatic carbocycles. The van der Waals surface area contributed by atoms with Gasteiger partial charge < -0.3 is 9.88 Å². The van der Waals surface area contributed by atoms with Crippen LogP contribution in [0.15, 0.2) is 67.0 Å². The van der Waals surface area contributed by atoms with Gasteiger partial charge in [0, 0.05) is 18.0 Å². The van der Waals surface area contributed by atoms with Gasteiger partial charge in [-0.25, -0.2) is 4.98 Å². The number of nitrogens with one attached hydrogen (secondary N) is 1. The molecule has 22 heavy (non-hydrogen) atoms. The lowest BCUT2D eigenvalue weighted by Gasteiger charge is -2.11. The standard InChI is InChI=1S/C18H17N3O/c1-14-19-11-12-21(14)13-20-18(22)17-10-6-5-9-16(17)15-7-3-2-4-8-15/h2-12H,13H2,1H3,(H,20,22). The molecule has 0 bridgehead atoms. The first-order chi connectivity index (χ1) is 10.8. The Hall–Kier alpha value is -2.88. The Morgan fingerprint density at radius 3 is 2.55 bits per heavy atom. The van der Waals surface area contributed by atoms with E-state index < -0.39 is 0 Å². The highest BCUT2D eigenvalue weighted by molar-refractivity contribution is 6.00. The highest BCUT2D eigenvalue weighted by Gasteiger charge is 2.12. The second kappa shape index (κ2) is 6.26. The van der Waals surface area contributed by atoms with E-state index in [1.165, 1.54) is 0 Å². The van der Waals surface area contributed by atoms with E-state index in [9.17, 15) is 4.79 Å². The number of carbonyl (C=O) groups is 1. The average molecular weight is 291 g/mol.